The highest BCUT2D eigenvalue weighted by Gasteiger charge is 2.13. The quantitative estimate of drug-likeness (QED) is 0.263. The van der Waals surface area contributed by atoms with Crippen molar-refractivity contribution in [3.05, 3.63) is 48.5 Å². The Morgan fingerprint density at radius 1 is 0.697 bits per heavy atom. The van der Waals surface area contributed by atoms with Gasteiger partial charge in [0.2, 0.25) is 11.8 Å². The lowest BCUT2D eigenvalue weighted by atomic mass is 10.3. The Morgan fingerprint density at radius 2 is 1.15 bits per heavy atom. The van der Waals surface area contributed by atoms with Crippen molar-refractivity contribution in [1.29, 1.82) is 0 Å². The predicted molar refractivity (Wildman–Crippen MR) is 138 cm³/mol. The minimum absolute atomic E-state index is 0.154. The number of rotatable bonds is 8. The fourth-order valence-corrected chi connectivity index (χ4v) is 7.11. The van der Waals surface area contributed by atoms with Crippen LogP contribution < -0.4 is 10.6 Å². The fraction of sp³-hybridized carbons (Fsp3) is 0.100. The predicted octanol–water partition coefficient (Wildman–Crippen LogP) is 5.22. The molecular formula is C20H14N6O2S5. The van der Waals surface area contributed by atoms with E-state index in [0.29, 0.717) is 18.9 Å². The van der Waals surface area contributed by atoms with Crippen LogP contribution in [0.2, 0.25) is 0 Å². The van der Waals surface area contributed by atoms with E-state index in [1.807, 2.05) is 48.5 Å². The van der Waals surface area contributed by atoms with Gasteiger partial charge in [-0.3, -0.25) is 9.59 Å². The van der Waals surface area contributed by atoms with Gasteiger partial charge in [0, 0.05) is 0 Å². The zero-order valence-electron chi connectivity index (χ0n) is 16.7. The third kappa shape index (κ3) is 5.68. The van der Waals surface area contributed by atoms with E-state index < -0.39 is 0 Å². The van der Waals surface area contributed by atoms with Crippen molar-refractivity contribution in [2.75, 3.05) is 22.1 Å². The molecular weight excluding hydrogens is 517 g/mol. The molecule has 0 aliphatic rings. The second kappa shape index (κ2) is 10.1. The van der Waals surface area contributed by atoms with Crippen molar-refractivity contribution in [2.45, 2.75) is 8.68 Å². The van der Waals surface area contributed by atoms with Crippen molar-refractivity contribution in [3.8, 4) is 0 Å². The molecule has 166 valence electrons. The van der Waals surface area contributed by atoms with Crippen molar-refractivity contribution in [2.24, 2.45) is 0 Å². The van der Waals surface area contributed by atoms with Crippen LogP contribution in [0.3, 0.4) is 0 Å². The number of hydrogen-bond acceptors (Lipinski definition) is 11. The van der Waals surface area contributed by atoms with Gasteiger partial charge in [0.05, 0.1) is 31.9 Å². The lowest BCUT2D eigenvalue weighted by Gasteiger charge is -1.99. The van der Waals surface area contributed by atoms with Crippen molar-refractivity contribution in [3.63, 3.8) is 0 Å². The number of fused-ring (bicyclic) bond motifs is 2. The summed E-state index contributed by atoms with van der Waals surface area (Å²) in [5.74, 6) is 0.0954. The Bertz CT molecular complexity index is 1270. The van der Waals surface area contributed by atoms with E-state index >= 15 is 0 Å². The monoisotopic (exact) mass is 530 g/mol. The summed E-state index contributed by atoms with van der Waals surface area (Å²) in [5, 5.41) is 15.0. The van der Waals surface area contributed by atoms with Gasteiger partial charge < -0.3 is 10.6 Å². The molecule has 0 spiro atoms. The van der Waals surface area contributed by atoms with Crippen LogP contribution in [-0.4, -0.2) is 43.5 Å². The molecule has 33 heavy (non-hydrogen) atoms. The first-order chi connectivity index (χ1) is 16.1. The van der Waals surface area contributed by atoms with Gasteiger partial charge in [-0.1, -0.05) is 81.8 Å². The Labute approximate surface area is 208 Å². The van der Waals surface area contributed by atoms with E-state index in [-0.39, 0.29) is 23.3 Å². The summed E-state index contributed by atoms with van der Waals surface area (Å²) >= 11 is 6.84. The molecule has 0 bridgehead atoms. The maximum absolute atomic E-state index is 12.3. The van der Waals surface area contributed by atoms with Gasteiger partial charge in [-0.2, -0.15) is 0 Å². The summed E-state index contributed by atoms with van der Waals surface area (Å²) < 4.78 is 3.39. The standard InChI is InChI=1S/C20H14N6O2S5/c27-15(23-17-21-11-5-1-3-7-13(11)31-17)9-29-19-25-26-20(33-19)30-10-16(28)24-18-22-12-6-2-4-8-14(12)32-18/h1-8H,9-10H2,(H,21,23,27)(H,22,24,28). The van der Waals surface area contributed by atoms with Crippen LogP contribution in [0.15, 0.2) is 57.2 Å². The summed E-state index contributed by atoms with van der Waals surface area (Å²) in [4.78, 5) is 33.3. The van der Waals surface area contributed by atoms with E-state index in [1.54, 1.807) is 0 Å². The Balaban J connectivity index is 1.08. The molecule has 0 atom stereocenters. The van der Waals surface area contributed by atoms with Gasteiger partial charge in [0.25, 0.3) is 0 Å². The SMILES string of the molecule is O=C(CSc1nnc(SCC(=O)Nc2nc3ccccc3s2)s1)Nc1nc2ccccc2s1. The van der Waals surface area contributed by atoms with Crippen molar-refractivity contribution < 1.29 is 9.59 Å². The minimum Gasteiger partial charge on any atom is -0.301 e. The number of para-hydroxylation sites is 2. The first-order valence-corrected chi connectivity index (χ1v) is 13.9. The molecule has 0 unspecified atom stereocenters. The van der Waals surface area contributed by atoms with E-state index in [1.165, 1.54) is 57.5 Å². The number of carbonyl (C=O) groups excluding carboxylic acids is 2. The second-order valence-corrected chi connectivity index (χ2v) is 12.0. The molecule has 0 saturated carbocycles. The Kier molecular flexibility index (Phi) is 6.83. The Morgan fingerprint density at radius 3 is 1.61 bits per heavy atom. The van der Waals surface area contributed by atoms with Gasteiger partial charge in [0.15, 0.2) is 18.9 Å². The van der Waals surface area contributed by atoms with Gasteiger partial charge in [0.1, 0.15) is 0 Å². The minimum atomic E-state index is -0.154. The molecule has 3 aromatic heterocycles. The average molecular weight is 531 g/mol. The van der Waals surface area contributed by atoms with Gasteiger partial charge in [-0.15, -0.1) is 10.2 Å². The normalized spacial score (nSPS) is 11.2. The molecule has 13 heteroatoms. The summed E-state index contributed by atoms with van der Waals surface area (Å²) in [6.45, 7) is 0. The molecule has 0 aliphatic heterocycles. The highest BCUT2D eigenvalue weighted by molar-refractivity contribution is 8.03. The summed E-state index contributed by atoms with van der Waals surface area (Å²) in [5.41, 5.74) is 1.73. The summed E-state index contributed by atoms with van der Waals surface area (Å²) in [7, 11) is 0. The van der Waals surface area contributed by atoms with Crippen LogP contribution in [0.4, 0.5) is 10.3 Å². The third-order valence-corrected chi connectivity index (χ3v) is 9.22. The third-order valence-electron chi connectivity index (χ3n) is 4.12. The Hall–Kier alpha value is -2.58. The molecule has 2 amide bonds. The number of aromatic nitrogens is 4. The number of anilines is 2. The fourth-order valence-electron chi connectivity index (χ4n) is 2.73. The number of nitrogens with one attached hydrogen (secondary N) is 2. The first kappa shape index (κ1) is 22.2. The molecule has 2 aromatic carbocycles. The van der Waals surface area contributed by atoms with Crippen LogP contribution in [-0.2, 0) is 9.59 Å². The van der Waals surface area contributed by atoms with E-state index in [4.69, 9.17) is 0 Å². The first-order valence-electron chi connectivity index (χ1n) is 9.52. The maximum atomic E-state index is 12.3. The number of hydrogen-bond donors (Lipinski definition) is 2. The number of thiazole rings is 2. The number of amides is 2. The molecule has 0 fully saturated rings. The lowest BCUT2D eigenvalue weighted by molar-refractivity contribution is -0.114. The molecule has 0 aliphatic carbocycles. The molecule has 8 nitrogen and oxygen atoms in total. The number of benzene rings is 2. The number of carbonyl (C=O) groups is 2. The van der Waals surface area contributed by atoms with Crippen LogP contribution in [0.1, 0.15) is 0 Å². The molecule has 5 aromatic rings. The lowest BCUT2D eigenvalue weighted by Crippen LogP contribution is -2.13. The highest BCUT2D eigenvalue weighted by atomic mass is 32.2. The van der Waals surface area contributed by atoms with Crippen molar-refractivity contribution in [1.82, 2.24) is 20.2 Å². The molecule has 0 radical (unpaired) electrons. The average Bonchev–Trinajstić information content (AvgIpc) is 3.53. The van der Waals surface area contributed by atoms with Gasteiger partial charge in [-0.05, 0) is 24.3 Å². The number of nitrogens with zero attached hydrogens (tertiary/aromatic N) is 4. The van der Waals surface area contributed by atoms with Crippen LogP contribution >= 0.6 is 57.5 Å². The molecule has 0 saturated heterocycles. The summed E-state index contributed by atoms with van der Waals surface area (Å²) in [6.07, 6.45) is 0. The van der Waals surface area contributed by atoms with Crippen LogP contribution in [0.25, 0.3) is 20.4 Å². The van der Waals surface area contributed by atoms with Crippen LogP contribution in [0.5, 0.6) is 0 Å². The number of thioether (sulfide) groups is 2. The molecule has 5 rings (SSSR count). The summed E-state index contributed by atoms with van der Waals surface area (Å²) in [6, 6.07) is 15.5. The smallest absolute Gasteiger partial charge is 0.236 e. The largest absolute Gasteiger partial charge is 0.301 e. The molecule has 2 N–H and O–H groups in total. The van der Waals surface area contributed by atoms with Crippen molar-refractivity contribution >= 4 is 100 Å². The zero-order valence-corrected chi connectivity index (χ0v) is 20.8. The van der Waals surface area contributed by atoms with E-state index in [2.05, 4.69) is 30.8 Å². The molecule has 3 heterocycles. The van der Waals surface area contributed by atoms with Gasteiger partial charge >= 0.3 is 0 Å². The maximum Gasteiger partial charge on any atom is 0.236 e. The van der Waals surface area contributed by atoms with Gasteiger partial charge in [-0.25, -0.2) is 9.97 Å². The zero-order chi connectivity index (χ0) is 22.6. The van der Waals surface area contributed by atoms with E-state index in [0.717, 1.165) is 20.4 Å². The highest BCUT2D eigenvalue weighted by Crippen LogP contribution is 2.30. The van der Waals surface area contributed by atoms with Crippen LogP contribution in [0, 0.1) is 0 Å². The topological polar surface area (TPSA) is 110 Å². The van der Waals surface area contributed by atoms with E-state index in [9.17, 15) is 9.59 Å². The second-order valence-electron chi connectivity index (χ2n) is 6.48.